The Morgan fingerprint density at radius 1 is 1.56 bits per heavy atom. The van der Waals surface area contributed by atoms with E-state index in [0.717, 1.165) is 31.5 Å². The maximum absolute atomic E-state index is 11.5. The van der Waals surface area contributed by atoms with Crippen LogP contribution in [-0.2, 0) is 0 Å². The topological polar surface area (TPSA) is 83.8 Å². The Morgan fingerprint density at radius 3 is 2.88 bits per heavy atom. The van der Waals surface area contributed by atoms with Gasteiger partial charge >= 0.3 is 0 Å². The summed E-state index contributed by atoms with van der Waals surface area (Å²) in [4.78, 5) is 18.7. The van der Waals surface area contributed by atoms with Crippen LogP contribution in [0.5, 0.6) is 0 Å². The van der Waals surface area contributed by atoms with Gasteiger partial charge in [0, 0.05) is 18.5 Å². The molecule has 0 amide bonds. The fraction of sp³-hybridized carbons (Fsp3) is 0.636. The van der Waals surface area contributed by atoms with E-state index in [2.05, 4.69) is 15.3 Å². The van der Waals surface area contributed by atoms with Gasteiger partial charge in [0.2, 0.25) is 0 Å². The number of H-pyrrole nitrogens is 1. The fourth-order valence-electron chi connectivity index (χ4n) is 1.89. The minimum Gasteiger partial charge on any atom is -0.363 e. The Hall–Kier alpha value is -1.36. The molecule has 2 aliphatic carbocycles. The Bertz CT molecular complexity index is 459. The van der Waals surface area contributed by atoms with Crippen molar-refractivity contribution < 1.29 is 0 Å². The van der Waals surface area contributed by atoms with Gasteiger partial charge in [-0.25, -0.2) is 4.98 Å². The lowest BCUT2D eigenvalue weighted by atomic mass is 10.2. The van der Waals surface area contributed by atoms with Crippen molar-refractivity contribution in [2.75, 3.05) is 11.9 Å². The number of nitrogens with one attached hydrogen (secondary N) is 2. The monoisotopic (exact) mass is 220 g/mol. The highest BCUT2D eigenvalue weighted by atomic mass is 16.1. The Morgan fingerprint density at radius 2 is 2.31 bits per heavy atom. The van der Waals surface area contributed by atoms with Gasteiger partial charge in [-0.2, -0.15) is 0 Å². The van der Waals surface area contributed by atoms with Crippen LogP contribution in [0.3, 0.4) is 0 Å². The summed E-state index contributed by atoms with van der Waals surface area (Å²) in [5.74, 6) is 1.96. The fourth-order valence-corrected chi connectivity index (χ4v) is 1.89. The second-order valence-electron chi connectivity index (χ2n) is 4.90. The number of nitrogens with zero attached hydrogens (tertiary/aromatic N) is 1. The Balaban J connectivity index is 1.86. The van der Waals surface area contributed by atoms with Crippen molar-refractivity contribution in [3.8, 4) is 0 Å². The lowest BCUT2D eigenvalue weighted by Crippen LogP contribution is -2.32. The average Bonchev–Trinajstić information content (AvgIpc) is 3.13. The quantitative estimate of drug-likeness (QED) is 0.692. The van der Waals surface area contributed by atoms with Gasteiger partial charge in [-0.3, -0.25) is 4.79 Å². The number of aromatic amines is 1. The summed E-state index contributed by atoms with van der Waals surface area (Å²) in [6.45, 7) is 0.597. The second-order valence-corrected chi connectivity index (χ2v) is 4.90. The van der Waals surface area contributed by atoms with E-state index in [1.165, 1.54) is 6.07 Å². The highest BCUT2D eigenvalue weighted by Gasteiger charge is 2.41. The molecule has 0 bridgehead atoms. The zero-order valence-electron chi connectivity index (χ0n) is 9.12. The summed E-state index contributed by atoms with van der Waals surface area (Å²) in [6, 6.07) is 1.52. The average molecular weight is 220 g/mol. The molecule has 2 aliphatic rings. The smallest absolute Gasteiger partial charge is 0.252 e. The van der Waals surface area contributed by atoms with Crippen molar-refractivity contribution in [3.05, 3.63) is 22.2 Å². The first-order valence-electron chi connectivity index (χ1n) is 5.80. The third-order valence-corrected chi connectivity index (χ3v) is 3.36. The van der Waals surface area contributed by atoms with E-state index < -0.39 is 0 Å². The lowest BCUT2D eigenvalue weighted by Gasteiger charge is -2.15. The summed E-state index contributed by atoms with van der Waals surface area (Å²) < 4.78 is 0. The van der Waals surface area contributed by atoms with Crippen LogP contribution >= 0.6 is 0 Å². The molecule has 0 aromatic carbocycles. The molecular formula is C11H16N4O. The van der Waals surface area contributed by atoms with E-state index in [4.69, 9.17) is 5.73 Å². The van der Waals surface area contributed by atoms with Crippen molar-refractivity contribution in [3.63, 3.8) is 0 Å². The van der Waals surface area contributed by atoms with Crippen LogP contribution in [0.2, 0.25) is 0 Å². The van der Waals surface area contributed by atoms with Gasteiger partial charge in [0.05, 0.1) is 5.54 Å². The predicted octanol–water partition coefficient (Wildman–Crippen LogP) is 0.550. The molecule has 5 nitrogen and oxygen atoms in total. The molecule has 2 saturated carbocycles. The minimum absolute atomic E-state index is 0.00160. The summed E-state index contributed by atoms with van der Waals surface area (Å²) in [5.41, 5.74) is 5.61. The van der Waals surface area contributed by atoms with Gasteiger partial charge in [-0.1, -0.05) is 0 Å². The molecule has 1 aromatic heterocycles. The zero-order chi connectivity index (χ0) is 11.2. The van der Waals surface area contributed by atoms with Crippen LogP contribution in [0.25, 0.3) is 0 Å². The van der Waals surface area contributed by atoms with Crippen molar-refractivity contribution >= 4 is 5.82 Å². The molecule has 5 heteroatoms. The van der Waals surface area contributed by atoms with Crippen LogP contribution in [0.4, 0.5) is 5.82 Å². The molecular weight excluding hydrogens is 204 g/mol. The first-order valence-corrected chi connectivity index (χ1v) is 5.80. The van der Waals surface area contributed by atoms with E-state index in [0.29, 0.717) is 18.3 Å². The third kappa shape index (κ3) is 1.82. The van der Waals surface area contributed by atoms with E-state index in [1.54, 1.807) is 0 Å². The molecule has 0 unspecified atom stereocenters. The van der Waals surface area contributed by atoms with E-state index in [9.17, 15) is 4.79 Å². The van der Waals surface area contributed by atoms with Gasteiger partial charge in [0.25, 0.3) is 5.56 Å². The van der Waals surface area contributed by atoms with Gasteiger partial charge < -0.3 is 16.0 Å². The highest BCUT2D eigenvalue weighted by molar-refractivity contribution is 5.40. The number of anilines is 1. The number of rotatable bonds is 4. The first kappa shape index (κ1) is 9.84. The van der Waals surface area contributed by atoms with Crippen LogP contribution < -0.4 is 16.6 Å². The molecule has 1 aromatic rings. The standard InChI is InChI=1S/C11H16N4O/c12-6-11(3-4-11)15-8-5-9(16)14-10(13-8)7-1-2-7/h5,7H,1-4,6,12H2,(H2,13,14,15,16). The molecule has 86 valence electrons. The summed E-state index contributed by atoms with van der Waals surface area (Å²) in [7, 11) is 0. The van der Waals surface area contributed by atoms with Crippen LogP contribution in [0.15, 0.2) is 10.9 Å². The van der Waals surface area contributed by atoms with Gasteiger partial charge in [-0.15, -0.1) is 0 Å². The normalized spacial score (nSPS) is 21.8. The SMILES string of the molecule is NCC1(Nc2cc(=O)[nH]c(C3CC3)n2)CC1. The number of hydrogen-bond acceptors (Lipinski definition) is 4. The molecule has 2 fully saturated rings. The summed E-state index contributed by atoms with van der Waals surface area (Å²) in [5, 5.41) is 3.29. The second kappa shape index (κ2) is 3.31. The molecule has 0 saturated heterocycles. The van der Waals surface area contributed by atoms with Crippen molar-refractivity contribution in [2.45, 2.75) is 37.1 Å². The minimum atomic E-state index is -0.0766. The molecule has 4 N–H and O–H groups in total. The zero-order valence-corrected chi connectivity index (χ0v) is 9.12. The molecule has 0 aliphatic heterocycles. The maximum Gasteiger partial charge on any atom is 0.252 e. The van der Waals surface area contributed by atoms with E-state index >= 15 is 0 Å². The summed E-state index contributed by atoms with van der Waals surface area (Å²) in [6.07, 6.45) is 4.40. The highest BCUT2D eigenvalue weighted by Crippen LogP contribution is 2.39. The first-order chi connectivity index (χ1) is 7.71. The number of hydrogen-bond donors (Lipinski definition) is 3. The van der Waals surface area contributed by atoms with Crippen LogP contribution in [0.1, 0.15) is 37.4 Å². The van der Waals surface area contributed by atoms with Gasteiger partial charge in [0.15, 0.2) is 0 Å². The van der Waals surface area contributed by atoms with E-state index in [-0.39, 0.29) is 11.1 Å². The van der Waals surface area contributed by atoms with Crippen LogP contribution in [0, 0.1) is 0 Å². The Labute approximate surface area is 93.5 Å². The van der Waals surface area contributed by atoms with Crippen molar-refractivity contribution in [1.82, 2.24) is 9.97 Å². The van der Waals surface area contributed by atoms with Crippen molar-refractivity contribution in [2.24, 2.45) is 5.73 Å². The molecule has 0 atom stereocenters. The van der Waals surface area contributed by atoms with Crippen molar-refractivity contribution in [1.29, 1.82) is 0 Å². The van der Waals surface area contributed by atoms with Crippen LogP contribution in [-0.4, -0.2) is 22.1 Å². The van der Waals surface area contributed by atoms with E-state index in [1.807, 2.05) is 0 Å². The summed E-state index contributed by atoms with van der Waals surface area (Å²) >= 11 is 0. The molecule has 1 heterocycles. The van der Waals surface area contributed by atoms with Gasteiger partial charge in [-0.05, 0) is 25.7 Å². The molecule has 0 spiro atoms. The third-order valence-electron chi connectivity index (χ3n) is 3.36. The Kier molecular flexibility index (Phi) is 2.04. The number of aromatic nitrogens is 2. The van der Waals surface area contributed by atoms with Gasteiger partial charge in [0.1, 0.15) is 11.6 Å². The predicted molar refractivity (Wildman–Crippen MR) is 61.5 cm³/mol. The molecule has 16 heavy (non-hydrogen) atoms. The molecule has 3 rings (SSSR count). The number of nitrogens with two attached hydrogens (primary N) is 1. The maximum atomic E-state index is 11.5. The lowest BCUT2D eigenvalue weighted by molar-refractivity contribution is 0.732. The largest absolute Gasteiger partial charge is 0.363 e. The molecule has 0 radical (unpaired) electrons.